The molecule has 6 nitrogen and oxygen atoms in total. The van der Waals surface area contributed by atoms with Crippen molar-refractivity contribution in [2.75, 3.05) is 5.32 Å². The summed E-state index contributed by atoms with van der Waals surface area (Å²) in [5.74, 6) is -0.702. The van der Waals surface area contributed by atoms with Crippen LogP contribution >= 0.6 is 11.8 Å². The predicted octanol–water partition coefficient (Wildman–Crippen LogP) is 4.36. The van der Waals surface area contributed by atoms with Gasteiger partial charge >= 0.3 is 0 Å². The van der Waals surface area contributed by atoms with E-state index in [1.54, 1.807) is 49.4 Å². The van der Waals surface area contributed by atoms with Crippen molar-refractivity contribution in [2.45, 2.75) is 31.2 Å². The van der Waals surface area contributed by atoms with Crippen molar-refractivity contribution >= 4 is 29.1 Å². The van der Waals surface area contributed by atoms with Crippen molar-refractivity contribution in [3.8, 4) is 5.69 Å². The monoisotopic (exact) mass is 412 g/mol. The number of rotatable bonds is 7. The van der Waals surface area contributed by atoms with E-state index in [4.69, 9.17) is 0 Å². The third-order valence-electron chi connectivity index (χ3n) is 4.24. The third kappa shape index (κ3) is 4.89. The molecule has 0 aliphatic carbocycles. The summed E-state index contributed by atoms with van der Waals surface area (Å²) in [6, 6.07) is 13.1. The molecule has 150 valence electrons. The van der Waals surface area contributed by atoms with Crippen LogP contribution < -0.4 is 5.32 Å². The molecule has 1 heterocycles. The molecule has 1 N–H and O–H groups in total. The second-order valence-corrected chi connectivity index (χ2v) is 8.09. The first-order valence-corrected chi connectivity index (χ1v) is 10.0. The molecule has 8 heteroatoms. The molecule has 3 rings (SSSR count). The molecule has 29 heavy (non-hydrogen) atoms. The Morgan fingerprint density at radius 1 is 1.07 bits per heavy atom. The normalized spacial score (nSPS) is 12.0. The van der Waals surface area contributed by atoms with Crippen LogP contribution in [0.3, 0.4) is 0 Å². The molecule has 3 aromatic rings. The van der Waals surface area contributed by atoms with E-state index >= 15 is 0 Å². The van der Waals surface area contributed by atoms with Crippen LogP contribution in [0.5, 0.6) is 0 Å². The SMILES string of the molecule is CC(C)C(=O)Nc1ccc(C(=O)[C@H](C)Sc2nncn2-c2ccccc2F)cc1. The van der Waals surface area contributed by atoms with E-state index < -0.39 is 11.1 Å². The number of carbonyl (C=O) groups excluding carboxylic acids is 2. The zero-order chi connectivity index (χ0) is 21.0. The molecule has 0 aliphatic rings. The van der Waals surface area contributed by atoms with Gasteiger partial charge in [0.1, 0.15) is 12.1 Å². The lowest BCUT2D eigenvalue weighted by Gasteiger charge is -2.12. The summed E-state index contributed by atoms with van der Waals surface area (Å²) in [6.07, 6.45) is 1.42. The van der Waals surface area contributed by atoms with Gasteiger partial charge in [0.2, 0.25) is 5.91 Å². The zero-order valence-electron chi connectivity index (χ0n) is 16.3. The third-order valence-corrected chi connectivity index (χ3v) is 5.30. The molecular formula is C21H21FN4O2S. The number of hydrogen-bond donors (Lipinski definition) is 1. The molecule has 0 saturated carbocycles. The van der Waals surface area contributed by atoms with Gasteiger partial charge in [-0.05, 0) is 43.3 Å². The summed E-state index contributed by atoms with van der Waals surface area (Å²) in [6.45, 7) is 5.39. The maximum atomic E-state index is 14.1. The summed E-state index contributed by atoms with van der Waals surface area (Å²) in [4.78, 5) is 24.6. The number of benzene rings is 2. The van der Waals surface area contributed by atoms with E-state index in [0.29, 0.717) is 22.1 Å². The molecule has 0 radical (unpaired) electrons. The fourth-order valence-electron chi connectivity index (χ4n) is 2.57. The molecule has 0 saturated heterocycles. The first kappa shape index (κ1) is 20.7. The number of thioether (sulfide) groups is 1. The van der Waals surface area contributed by atoms with Crippen LogP contribution in [-0.2, 0) is 4.79 Å². The number of anilines is 1. The maximum Gasteiger partial charge on any atom is 0.226 e. The standard InChI is InChI=1S/C21H21FN4O2S/c1-13(2)20(28)24-16-10-8-15(9-11-16)19(27)14(3)29-21-25-23-12-26(21)18-7-5-4-6-17(18)22/h4-14H,1-3H3,(H,24,28)/t14-/m0/s1. The highest BCUT2D eigenvalue weighted by atomic mass is 32.2. The zero-order valence-corrected chi connectivity index (χ0v) is 17.1. The largest absolute Gasteiger partial charge is 0.326 e. The van der Waals surface area contributed by atoms with Crippen molar-refractivity contribution < 1.29 is 14.0 Å². The number of para-hydroxylation sites is 1. The van der Waals surface area contributed by atoms with Gasteiger partial charge in [-0.15, -0.1) is 10.2 Å². The molecule has 2 aromatic carbocycles. The van der Waals surface area contributed by atoms with Crippen molar-refractivity contribution in [3.63, 3.8) is 0 Å². The summed E-state index contributed by atoms with van der Waals surface area (Å²) >= 11 is 1.21. The molecule has 0 unspecified atom stereocenters. The van der Waals surface area contributed by atoms with Crippen LogP contribution in [0.4, 0.5) is 10.1 Å². The molecule has 0 fully saturated rings. The van der Waals surface area contributed by atoms with Crippen LogP contribution in [0.1, 0.15) is 31.1 Å². The van der Waals surface area contributed by atoms with Gasteiger partial charge in [-0.3, -0.25) is 14.2 Å². The highest BCUT2D eigenvalue weighted by Gasteiger charge is 2.21. The number of carbonyl (C=O) groups is 2. The van der Waals surface area contributed by atoms with Crippen molar-refractivity contribution in [2.24, 2.45) is 5.92 Å². The second-order valence-electron chi connectivity index (χ2n) is 6.78. The highest BCUT2D eigenvalue weighted by molar-refractivity contribution is 8.00. The van der Waals surface area contributed by atoms with Gasteiger partial charge in [0.25, 0.3) is 0 Å². The molecule has 1 aromatic heterocycles. The van der Waals surface area contributed by atoms with Crippen LogP contribution in [0.15, 0.2) is 60.0 Å². The second kappa shape index (κ2) is 9.00. The lowest BCUT2D eigenvalue weighted by atomic mass is 10.1. The number of aromatic nitrogens is 3. The first-order chi connectivity index (χ1) is 13.9. The number of halogens is 1. The summed E-state index contributed by atoms with van der Waals surface area (Å²) < 4.78 is 15.6. The Hall–Kier alpha value is -3.00. The number of hydrogen-bond acceptors (Lipinski definition) is 5. The number of ketones is 1. The molecule has 1 atom stereocenters. The summed E-state index contributed by atoms with van der Waals surface area (Å²) in [7, 11) is 0. The van der Waals surface area contributed by atoms with Gasteiger partial charge in [0, 0.05) is 17.2 Å². The summed E-state index contributed by atoms with van der Waals surface area (Å²) in [5, 5.41) is 10.6. The fraction of sp³-hybridized carbons (Fsp3) is 0.238. The minimum Gasteiger partial charge on any atom is -0.326 e. The number of nitrogens with zero attached hydrogens (tertiary/aromatic N) is 3. The number of Topliss-reactive ketones (excluding diaryl/α,β-unsaturated/α-hetero) is 1. The van der Waals surface area contributed by atoms with E-state index in [9.17, 15) is 14.0 Å². The minimum atomic E-state index is -0.458. The summed E-state index contributed by atoms with van der Waals surface area (Å²) in [5.41, 5.74) is 1.48. The predicted molar refractivity (Wildman–Crippen MR) is 111 cm³/mol. The number of amides is 1. The molecule has 0 aliphatic heterocycles. The van der Waals surface area contributed by atoms with Gasteiger partial charge in [0.05, 0.1) is 10.9 Å². The van der Waals surface area contributed by atoms with E-state index in [2.05, 4.69) is 15.5 Å². The molecule has 0 spiro atoms. The van der Waals surface area contributed by atoms with E-state index in [-0.39, 0.29) is 17.6 Å². The fourth-order valence-corrected chi connectivity index (χ4v) is 3.48. The van der Waals surface area contributed by atoms with Crippen LogP contribution in [0.2, 0.25) is 0 Å². The Kier molecular flexibility index (Phi) is 6.43. The van der Waals surface area contributed by atoms with E-state index in [0.717, 1.165) is 0 Å². The minimum absolute atomic E-state index is 0.0829. The Bertz CT molecular complexity index is 1020. The van der Waals surface area contributed by atoms with Crippen molar-refractivity contribution in [1.29, 1.82) is 0 Å². The lowest BCUT2D eigenvalue weighted by molar-refractivity contribution is -0.118. The van der Waals surface area contributed by atoms with Crippen molar-refractivity contribution in [3.05, 3.63) is 66.2 Å². The average Bonchev–Trinajstić information content (AvgIpc) is 3.16. The lowest BCUT2D eigenvalue weighted by Crippen LogP contribution is -2.18. The van der Waals surface area contributed by atoms with Gasteiger partial charge < -0.3 is 5.32 Å². The van der Waals surface area contributed by atoms with Crippen LogP contribution in [-0.4, -0.2) is 31.7 Å². The molecular weight excluding hydrogens is 391 g/mol. The smallest absolute Gasteiger partial charge is 0.226 e. The van der Waals surface area contributed by atoms with Gasteiger partial charge in [0.15, 0.2) is 10.9 Å². The van der Waals surface area contributed by atoms with Crippen molar-refractivity contribution in [1.82, 2.24) is 14.8 Å². The Morgan fingerprint density at radius 2 is 1.76 bits per heavy atom. The van der Waals surface area contributed by atoms with Gasteiger partial charge in [-0.1, -0.05) is 37.7 Å². The molecule has 1 amide bonds. The maximum absolute atomic E-state index is 14.1. The van der Waals surface area contributed by atoms with Gasteiger partial charge in [-0.2, -0.15) is 0 Å². The average molecular weight is 412 g/mol. The van der Waals surface area contributed by atoms with Crippen LogP contribution in [0.25, 0.3) is 5.69 Å². The Balaban J connectivity index is 1.71. The van der Waals surface area contributed by atoms with Gasteiger partial charge in [-0.25, -0.2) is 4.39 Å². The number of nitrogens with one attached hydrogen (secondary N) is 1. The Morgan fingerprint density at radius 3 is 2.41 bits per heavy atom. The quantitative estimate of drug-likeness (QED) is 0.461. The first-order valence-electron chi connectivity index (χ1n) is 9.13. The highest BCUT2D eigenvalue weighted by Crippen LogP contribution is 2.27. The topological polar surface area (TPSA) is 76.9 Å². The van der Waals surface area contributed by atoms with E-state index in [1.807, 2.05) is 13.8 Å². The van der Waals surface area contributed by atoms with Crippen LogP contribution in [0, 0.1) is 11.7 Å². The Labute approximate surface area is 172 Å². The molecule has 0 bridgehead atoms. The van der Waals surface area contributed by atoms with E-state index in [1.165, 1.54) is 28.7 Å².